The van der Waals surface area contributed by atoms with Crippen molar-refractivity contribution in [3.05, 3.63) is 88.5 Å². The summed E-state index contributed by atoms with van der Waals surface area (Å²) >= 11 is 0. The molecule has 0 saturated heterocycles. The fourth-order valence-electron chi connectivity index (χ4n) is 4.52. The molecule has 0 spiro atoms. The highest BCUT2D eigenvalue weighted by Gasteiger charge is 2.36. The van der Waals surface area contributed by atoms with Crippen LogP contribution in [0.3, 0.4) is 0 Å². The van der Waals surface area contributed by atoms with Crippen molar-refractivity contribution >= 4 is 5.97 Å². The fourth-order valence-corrected chi connectivity index (χ4v) is 4.52. The number of hydrogen-bond donors (Lipinski definition) is 0. The van der Waals surface area contributed by atoms with Crippen molar-refractivity contribution in [2.75, 3.05) is 0 Å². The molecule has 4 rings (SSSR count). The third kappa shape index (κ3) is 4.82. The summed E-state index contributed by atoms with van der Waals surface area (Å²) in [6.45, 7) is 21.7. The first kappa shape index (κ1) is 25.7. The van der Waals surface area contributed by atoms with Gasteiger partial charge in [0.2, 0.25) is 0 Å². The van der Waals surface area contributed by atoms with Gasteiger partial charge in [0, 0.05) is 5.41 Å². The lowest BCUT2D eigenvalue weighted by atomic mass is 9.79. The minimum Gasteiger partial charge on any atom is -0.423 e. The number of benzene rings is 3. The molecule has 0 aliphatic heterocycles. The average Bonchev–Trinajstić information content (AvgIpc) is 3.00. The molecule has 0 saturated carbocycles. The first-order valence-corrected chi connectivity index (χ1v) is 12.4. The van der Waals surface area contributed by atoms with Crippen molar-refractivity contribution in [1.29, 1.82) is 0 Å². The van der Waals surface area contributed by atoms with E-state index in [-0.39, 0.29) is 22.2 Å². The Morgan fingerprint density at radius 1 is 0.676 bits per heavy atom. The first-order valence-electron chi connectivity index (χ1n) is 12.4. The van der Waals surface area contributed by atoms with Crippen LogP contribution in [0.4, 0.5) is 0 Å². The quantitative estimate of drug-likeness (QED) is 0.284. The van der Waals surface area contributed by atoms with E-state index in [1.54, 1.807) is 0 Å². The van der Waals surface area contributed by atoms with Crippen molar-refractivity contribution in [2.24, 2.45) is 0 Å². The Morgan fingerprint density at radius 3 is 1.68 bits per heavy atom. The molecule has 1 aliphatic carbocycles. The van der Waals surface area contributed by atoms with E-state index in [0.29, 0.717) is 11.3 Å². The monoisotopic (exact) mass is 456 g/mol. The molecule has 0 aromatic heterocycles. The minimum absolute atomic E-state index is 0.0654. The van der Waals surface area contributed by atoms with E-state index in [2.05, 4.69) is 79.7 Å². The summed E-state index contributed by atoms with van der Waals surface area (Å²) in [5, 5.41) is 0. The number of hydrogen-bond acceptors (Lipinski definition) is 2. The topological polar surface area (TPSA) is 26.3 Å². The third-order valence-corrected chi connectivity index (χ3v) is 6.71. The fraction of sp³-hybridized carbons (Fsp3) is 0.406. The lowest BCUT2D eigenvalue weighted by Crippen LogP contribution is -2.18. The van der Waals surface area contributed by atoms with Gasteiger partial charge in [-0.2, -0.15) is 0 Å². The lowest BCUT2D eigenvalue weighted by Gasteiger charge is -2.25. The third-order valence-electron chi connectivity index (χ3n) is 6.71. The van der Waals surface area contributed by atoms with Gasteiger partial charge in [-0.05, 0) is 68.5 Å². The van der Waals surface area contributed by atoms with Crippen LogP contribution in [0.2, 0.25) is 0 Å². The van der Waals surface area contributed by atoms with E-state index in [0.717, 1.165) is 0 Å². The largest absolute Gasteiger partial charge is 0.423 e. The molecule has 0 bridgehead atoms. The maximum atomic E-state index is 12.9. The van der Waals surface area contributed by atoms with Crippen LogP contribution in [-0.4, -0.2) is 5.97 Å². The zero-order valence-electron chi connectivity index (χ0n) is 22.6. The maximum absolute atomic E-state index is 12.9. The molecule has 0 unspecified atom stereocenters. The Hall–Kier alpha value is -2.87. The maximum Gasteiger partial charge on any atom is 0.343 e. The van der Waals surface area contributed by atoms with E-state index in [9.17, 15) is 4.79 Å². The number of fused-ring (bicyclic) bond motifs is 3. The Kier molecular flexibility index (Phi) is 6.86. The molecule has 180 valence electrons. The molecular formula is C32H40O2. The van der Waals surface area contributed by atoms with Crippen LogP contribution in [0.1, 0.15) is 102 Å². The number of ether oxygens (including phenoxy) is 1. The van der Waals surface area contributed by atoms with Crippen LogP contribution in [-0.2, 0) is 16.2 Å². The molecule has 0 fully saturated rings. The Bertz CT molecular complexity index is 1180. The standard InChI is InChI=1S/C30H34O2.C2H6/c1-28(2,3)20-10-13-22(14-11-20)32-27(31)19-9-15-23-24-16-12-21(29(4,5)6)18-26(24)30(7,8)25(23)17-19;1-2/h9-18H,1-8H3;1-2H3. The molecular weight excluding hydrogens is 416 g/mol. The second-order valence-corrected chi connectivity index (χ2v) is 11.6. The zero-order chi connectivity index (χ0) is 25.5. The summed E-state index contributed by atoms with van der Waals surface area (Å²) in [5.74, 6) is 0.249. The second kappa shape index (κ2) is 9.06. The van der Waals surface area contributed by atoms with Crippen molar-refractivity contribution in [2.45, 2.75) is 85.5 Å². The van der Waals surface area contributed by atoms with Crippen LogP contribution in [0.25, 0.3) is 11.1 Å². The lowest BCUT2D eigenvalue weighted by molar-refractivity contribution is 0.0734. The predicted molar refractivity (Wildman–Crippen MR) is 144 cm³/mol. The van der Waals surface area contributed by atoms with Gasteiger partial charge in [0.15, 0.2) is 0 Å². The molecule has 0 atom stereocenters. The molecule has 3 aromatic carbocycles. The predicted octanol–water partition coefficient (Wildman–Crippen LogP) is 8.83. The Balaban J connectivity index is 0.00000158. The van der Waals surface area contributed by atoms with E-state index in [1.165, 1.54) is 33.4 Å². The zero-order valence-corrected chi connectivity index (χ0v) is 22.6. The molecule has 2 nitrogen and oxygen atoms in total. The van der Waals surface area contributed by atoms with Gasteiger partial charge in [-0.25, -0.2) is 4.79 Å². The van der Waals surface area contributed by atoms with E-state index in [4.69, 9.17) is 4.74 Å². The smallest absolute Gasteiger partial charge is 0.343 e. The van der Waals surface area contributed by atoms with Gasteiger partial charge in [-0.3, -0.25) is 0 Å². The molecule has 1 aliphatic rings. The van der Waals surface area contributed by atoms with Crippen LogP contribution < -0.4 is 4.74 Å². The van der Waals surface area contributed by atoms with Gasteiger partial charge in [0.1, 0.15) is 5.75 Å². The summed E-state index contributed by atoms with van der Waals surface area (Å²) in [5.41, 5.74) is 8.08. The van der Waals surface area contributed by atoms with Gasteiger partial charge in [0.05, 0.1) is 5.56 Å². The number of carbonyl (C=O) groups excluding carboxylic acids is 1. The number of rotatable bonds is 2. The van der Waals surface area contributed by atoms with E-state index in [1.807, 2.05) is 50.2 Å². The van der Waals surface area contributed by atoms with Crippen LogP contribution in [0.15, 0.2) is 60.7 Å². The molecule has 2 heteroatoms. The van der Waals surface area contributed by atoms with Gasteiger partial charge in [0.25, 0.3) is 0 Å². The molecule has 3 aromatic rings. The van der Waals surface area contributed by atoms with Crippen molar-refractivity contribution in [3.8, 4) is 16.9 Å². The van der Waals surface area contributed by atoms with Gasteiger partial charge >= 0.3 is 5.97 Å². The van der Waals surface area contributed by atoms with Crippen LogP contribution in [0, 0.1) is 0 Å². The van der Waals surface area contributed by atoms with Crippen molar-refractivity contribution < 1.29 is 9.53 Å². The molecule has 0 heterocycles. The average molecular weight is 457 g/mol. The molecule has 34 heavy (non-hydrogen) atoms. The highest BCUT2D eigenvalue weighted by molar-refractivity contribution is 5.93. The van der Waals surface area contributed by atoms with E-state index < -0.39 is 0 Å². The normalized spacial score (nSPS) is 13.9. The SMILES string of the molecule is CC.CC(C)(C)c1ccc(OC(=O)c2ccc3c(c2)C(C)(C)c2cc(C(C)(C)C)ccc2-3)cc1. The highest BCUT2D eigenvalue weighted by Crippen LogP contribution is 2.49. The van der Waals surface area contributed by atoms with Crippen LogP contribution >= 0.6 is 0 Å². The van der Waals surface area contributed by atoms with Crippen LogP contribution in [0.5, 0.6) is 5.75 Å². The summed E-state index contributed by atoms with van der Waals surface area (Å²) in [7, 11) is 0. The van der Waals surface area contributed by atoms with Gasteiger partial charge in [-0.1, -0.05) is 106 Å². The Labute approximate surface area is 206 Å². The van der Waals surface area contributed by atoms with E-state index >= 15 is 0 Å². The second-order valence-electron chi connectivity index (χ2n) is 11.6. The molecule has 0 N–H and O–H groups in total. The highest BCUT2D eigenvalue weighted by atomic mass is 16.5. The van der Waals surface area contributed by atoms with Gasteiger partial charge in [-0.15, -0.1) is 0 Å². The summed E-state index contributed by atoms with van der Waals surface area (Å²) in [6, 6.07) is 20.6. The Morgan fingerprint density at radius 2 is 1.15 bits per heavy atom. The first-order chi connectivity index (χ1) is 15.8. The minimum atomic E-state index is -0.321. The van der Waals surface area contributed by atoms with Crippen molar-refractivity contribution in [3.63, 3.8) is 0 Å². The molecule has 0 radical (unpaired) electrons. The summed E-state index contributed by atoms with van der Waals surface area (Å²) < 4.78 is 5.70. The summed E-state index contributed by atoms with van der Waals surface area (Å²) in [4.78, 5) is 12.9. The number of carbonyl (C=O) groups is 1. The van der Waals surface area contributed by atoms with Crippen molar-refractivity contribution in [1.82, 2.24) is 0 Å². The molecule has 0 amide bonds. The summed E-state index contributed by atoms with van der Waals surface area (Å²) in [6.07, 6.45) is 0. The van der Waals surface area contributed by atoms with Gasteiger partial charge < -0.3 is 4.74 Å². The number of esters is 1.